The lowest BCUT2D eigenvalue weighted by Gasteiger charge is -2.57. The zero-order chi connectivity index (χ0) is 22.5. The SMILES string of the molecule is O=S(=O)(N1CCCCC1C1N=C(CCCc2ccccc2)NO1)C12CC3CC(CC(C3)C1)C2. The molecular formula is C26H37N3O3S. The fourth-order valence-corrected chi connectivity index (χ4v) is 10.6. The van der Waals surface area contributed by atoms with Crippen molar-refractivity contribution >= 4 is 15.9 Å². The summed E-state index contributed by atoms with van der Waals surface area (Å²) in [6.45, 7) is 0.619. The van der Waals surface area contributed by atoms with Gasteiger partial charge in [0.05, 0.1) is 10.8 Å². The largest absolute Gasteiger partial charge is 0.251 e. The monoisotopic (exact) mass is 471 g/mol. The van der Waals surface area contributed by atoms with Gasteiger partial charge in [-0.15, -0.1) is 0 Å². The third kappa shape index (κ3) is 4.04. The molecule has 5 fully saturated rings. The molecule has 4 aliphatic carbocycles. The molecule has 4 saturated carbocycles. The maximum Gasteiger partial charge on any atom is 0.220 e. The van der Waals surface area contributed by atoms with E-state index in [9.17, 15) is 8.42 Å². The quantitative estimate of drug-likeness (QED) is 0.639. The van der Waals surface area contributed by atoms with Crippen LogP contribution in [0.5, 0.6) is 0 Å². The molecule has 0 aromatic heterocycles. The Kier molecular flexibility index (Phi) is 5.78. The lowest BCUT2D eigenvalue weighted by molar-refractivity contribution is -0.0167. The van der Waals surface area contributed by atoms with Crippen LogP contribution in [-0.4, -0.2) is 42.1 Å². The number of hydrogen-bond acceptors (Lipinski definition) is 5. The van der Waals surface area contributed by atoms with E-state index in [1.165, 1.54) is 24.8 Å². The van der Waals surface area contributed by atoms with Crippen LogP contribution >= 0.6 is 0 Å². The minimum atomic E-state index is -3.38. The van der Waals surface area contributed by atoms with Crippen LogP contribution in [0.1, 0.15) is 76.2 Å². The summed E-state index contributed by atoms with van der Waals surface area (Å²) in [6.07, 6.45) is 11.6. The van der Waals surface area contributed by atoms with Gasteiger partial charge in [-0.05, 0) is 87.5 Å². The Bertz CT molecular complexity index is 958. The molecule has 7 rings (SSSR count). The number of aliphatic imine (C=N–C) groups is 1. The van der Waals surface area contributed by atoms with E-state index in [1.807, 2.05) is 10.4 Å². The topological polar surface area (TPSA) is 71.0 Å². The van der Waals surface area contributed by atoms with Crippen LogP contribution in [-0.2, 0) is 21.3 Å². The molecule has 0 spiro atoms. The first-order chi connectivity index (χ1) is 16.0. The zero-order valence-electron chi connectivity index (χ0n) is 19.5. The van der Waals surface area contributed by atoms with Crippen molar-refractivity contribution in [3.63, 3.8) is 0 Å². The highest BCUT2D eigenvalue weighted by Gasteiger charge is 2.60. The first-order valence-corrected chi connectivity index (χ1v) is 14.5. The smallest absolute Gasteiger partial charge is 0.220 e. The van der Waals surface area contributed by atoms with Crippen LogP contribution in [0.15, 0.2) is 35.3 Å². The first kappa shape index (κ1) is 22.1. The summed E-state index contributed by atoms with van der Waals surface area (Å²) in [4.78, 5) is 10.7. The Labute approximate surface area is 198 Å². The van der Waals surface area contributed by atoms with Crippen LogP contribution in [0, 0.1) is 17.8 Å². The predicted octanol–water partition coefficient (Wildman–Crippen LogP) is 4.42. The molecule has 0 amide bonds. The van der Waals surface area contributed by atoms with Crippen LogP contribution in [0.4, 0.5) is 0 Å². The normalized spacial score (nSPS) is 38.3. The highest BCUT2D eigenvalue weighted by molar-refractivity contribution is 7.90. The van der Waals surface area contributed by atoms with Crippen molar-refractivity contribution in [1.29, 1.82) is 0 Å². The molecule has 4 bridgehead atoms. The fraction of sp³-hybridized carbons (Fsp3) is 0.731. The lowest BCUT2D eigenvalue weighted by Crippen LogP contribution is -2.62. The second kappa shape index (κ2) is 8.65. The summed E-state index contributed by atoms with van der Waals surface area (Å²) in [7, 11) is -3.38. The highest BCUT2D eigenvalue weighted by Crippen LogP contribution is 2.59. The summed E-state index contributed by atoms with van der Waals surface area (Å²) in [5.74, 6) is 2.71. The summed E-state index contributed by atoms with van der Waals surface area (Å²) < 4.78 is 29.8. The van der Waals surface area contributed by atoms with Gasteiger partial charge in [0.15, 0.2) is 6.23 Å². The highest BCUT2D eigenvalue weighted by atomic mass is 32.2. The van der Waals surface area contributed by atoms with Gasteiger partial charge in [0.2, 0.25) is 10.0 Å². The van der Waals surface area contributed by atoms with E-state index in [0.717, 1.165) is 63.6 Å². The molecule has 2 unspecified atom stereocenters. The van der Waals surface area contributed by atoms with E-state index < -0.39 is 21.0 Å². The molecule has 6 aliphatic rings. The Morgan fingerprint density at radius 3 is 2.39 bits per heavy atom. The third-order valence-electron chi connectivity index (χ3n) is 8.97. The third-order valence-corrected chi connectivity index (χ3v) is 11.6. The number of hydrogen-bond donors (Lipinski definition) is 1. The zero-order valence-corrected chi connectivity index (χ0v) is 20.3. The fourth-order valence-electron chi connectivity index (χ4n) is 7.83. The van der Waals surface area contributed by atoms with E-state index in [-0.39, 0.29) is 6.04 Å². The van der Waals surface area contributed by atoms with Crippen molar-refractivity contribution in [2.24, 2.45) is 22.7 Å². The van der Waals surface area contributed by atoms with Gasteiger partial charge in [-0.2, -0.15) is 4.31 Å². The molecule has 2 atom stereocenters. The van der Waals surface area contributed by atoms with Crippen LogP contribution in [0.3, 0.4) is 0 Å². The van der Waals surface area contributed by atoms with Gasteiger partial charge in [-0.1, -0.05) is 36.8 Å². The predicted molar refractivity (Wildman–Crippen MR) is 129 cm³/mol. The standard InChI is InChI=1S/C26H37N3O3S/c30-33(31,26-16-20-13-21(17-26)15-22(14-20)18-26)29-12-5-4-10-23(29)25-27-24(28-32-25)11-6-9-19-7-2-1-3-8-19/h1-3,7-8,20-23,25H,4-6,9-18H2,(H,27,28). The second-order valence-electron chi connectivity index (χ2n) is 11.3. The number of sulfonamides is 1. The van der Waals surface area contributed by atoms with Crippen molar-refractivity contribution in [2.45, 2.75) is 94.1 Å². The minimum absolute atomic E-state index is 0.184. The van der Waals surface area contributed by atoms with E-state index in [4.69, 9.17) is 9.83 Å². The summed E-state index contributed by atoms with van der Waals surface area (Å²) in [5.41, 5.74) is 4.35. The van der Waals surface area contributed by atoms with E-state index in [0.29, 0.717) is 24.3 Å². The number of aryl methyl sites for hydroxylation is 1. The van der Waals surface area contributed by atoms with E-state index in [1.54, 1.807) is 0 Å². The van der Waals surface area contributed by atoms with Crippen molar-refractivity contribution in [2.75, 3.05) is 6.54 Å². The Hall–Kier alpha value is -1.44. The maximum atomic E-state index is 14.2. The number of hydroxylamine groups is 1. The Morgan fingerprint density at radius 1 is 1.00 bits per heavy atom. The van der Waals surface area contributed by atoms with Gasteiger partial charge >= 0.3 is 0 Å². The Morgan fingerprint density at radius 2 is 1.70 bits per heavy atom. The molecule has 6 nitrogen and oxygen atoms in total. The molecule has 1 aromatic carbocycles. The van der Waals surface area contributed by atoms with Crippen molar-refractivity contribution in [3.05, 3.63) is 35.9 Å². The molecule has 33 heavy (non-hydrogen) atoms. The van der Waals surface area contributed by atoms with E-state index >= 15 is 0 Å². The molecule has 7 heteroatoms. The van der Waals surface area contributed by atoms with Gasteiger partial charge in [-0.3, -0.25) is 5.48 Å². The average Bonchev–Trinajstić information content (AvgIpc) is 3.28. The van der Waals surface area contributed by atoms with Gasteiger partial charge in [0.1, 0.15) is 5.84 Å². The molecule has 2 aliphatic heterocycles. The van der Waals surface area contributed by atoms with Gasteiger partial charge in [0, 0.05) is 13.0 Å². The number of rotatable bonds is 7. The van der Waals surface area contributed by atoms with Crippen LogP contribution < -0.4 is 5.48 Å². The average molecular weight is 472 g/mol. The molecule has 1 aromatic rings. The van der Waals surface area contributed by atoms with Gasteiger partial charge in [-0.25, -0.2) is 18.2 Å². The van der Waals surface area contributed by atoms with Crippen molar-refractivity contribution < 1.29 is 13.3 Å². The summed E-state index contributed by atoms with van der Waals surface area (Å²) in [6, 6.07) is 10.3. The number of amidine groups is 1. The molecule has 0 radical (unpaired) electrons. The van der Waals surface area contributed by atoms with Crippen molar-refractivity contribution in [1.82, 2.24) is 9.79 Å². The van der Waals surface area contributed by atoms with Crippen molar-refractivity contribution in [3.8, 4) is 0 Å². The summed E-state index contributed by atoms with van der Waals surface area (Å²) in [5, 5.41) is 0. The second-order valence-corrected chi connectivity index (χ2v) is 13.6. The Balaban J connectivity index is 1.16. The number of piperidine rings is 1. The molecule has 2 heterocycles. The molecule has 1 N–H and O–H groups in total. The molecular weight excluding hydrogens is 434 g/mol. The number of nitrogens with one attached hydrogen (secondary N) is 1. The number of benzene rings is 1. The van der Waals surface area contributed by atoms with Gasteiger partial charge < -0.3 is 0 Å². The maximum absolute atomic E-state index is 14.2. The van der Waals surface area contributed by atoms with E-state index in [2.05, 4.69) is 29.7 Å². The van der Waals surface area contributed by atoms with Crippen LogP contribution in [0.25, 0.3) is 0 Å². The van der Waals surface area contributed by atoms with Gasteiger partial charge in [0.25, 0.3) is 0 Å². The summed E-state index contributed by atoms with van der Waals surface area (Å²) >= 11 is 0. The molecule has 1 saturated heterocycles. The number of nitrogens with zero attached hydrogens (tertiary/aromatic N) is 2. The molecule has 180 valence electrons. The van der Waals surface area contributed by atoms with Crippen LogP contribution in [0.2, 0.25) is 0 Å². The minimum Gasteiger partial charge on any atom is -0.251 e. The lowest BCUT2D eigenvalue weighted by atomic mass is 9.56. The first-order valence-electron chi connectivity index (χ1n) is 13.1.